The lowest BCUT2D eigenvalue weighted by atomic mass is 10.0. The van der Waals surface area contributed by atoms with Crippen molar-refractivity contribution in [3.05, 3.63) is 0 Å². The lowest BCUT2D eigenvalue weighted by Gasteiger charge is -2.24. The van der Waals surface area contributed by atoms with Gasteiger partial charge in [0.2, 0.25) is 0 Å². The Labute approximate surface area is 120 Å². The number of hydrogen-bond donors (Lipinski definition) is 0. The molecule has 0 spiro atoms. The average Bonchev–Trinajstić information content (AvgIpc) is 2.22. The van der Waals surface area contributed by atoms with Crippen LogP contribution in [-0.2, 0) is 14.2 Å². The third kappa shape index (κ3) is 17.9. The minimum atomic E-state index is -0.0726. The molecule has 0 amide bonds. The summed E-state index contributed by atoms with van der Waals surface area (Å²) in [6, 6.07) is 0. The van der Waals surface area contributed by atoms with Gasteiger partial charge < -0.3 is 14.2 Å². The van der Waals surface area contributed by atoms with Gasteiger partial charge in [-0.3, -0.25) is 0 Å². The lowest BCUT2D eigenvalue weighted by molar-refractivity contribution is -0.174. The van der Waals surface area contributed by atoms with Crippen molar-refractivity contribution < 1.29 is 14.2 Å². The fraction of sp³-hybridized carbons (Fsp3) is 1.00. The Kier molecular flexibility index (Phi) is 8.88. The van der Waals surface area contributed by atoms with E-state index in [1.807, 2.05) is 20.8 Å². The minimum Gasteiger partial charge on any atom is -0.373 e. The van der Waals surface area contributed by atoms with Crippen LogP contribution < -0.4 is 0 Å². The minimum absolute atomic E-state index is 0.00678. The molecule has 1 fully saturated rings. The van der Waals surface area contributed by atoms with Crippen molar-refractivity contribution in [1.29, 1.82) is 0 Å². The van der Waals surface area contributed by atoms with Gasteiger partial charge in [-0.1, -0.05) is 27.7 Å². The summed E-state index contributed by atoms with van der Waals surface area (Å²) in [6.45, 7) is 17.0. The third-order valence-electron chi connectivity index (χ3n) is 2.06. The molecule has 0 aromatic carbocycles. The topological polar surface area (TPSA) is 27.7 Å². The van der Waals surface area contributed by atoms with Gasteiger partial charge >= 0.3 is 0 Å². The van der Waals surface area contributed by atoms with E-state index >= 15 is 0 Å². The highest BCUT2D eigenvalue weighted by atomic mass is 16.7. The molecule has 1 rings (SSSR count). The summed E-state index contributed by atoms with van der Waals surface area (Å²) in [5.41, 5.74) is 0.427. The van der Waals surface area contributed by atoms with Crippen molar-refractivity contribution in [2.75, 3.05) is 19.8 Å². The molecule has 19 heavy (non-hydrogen) atoms. The molecule has 0 bridgehead atoms. The first-order valence-electron chi connectivity index (χ1n) is 7.45. The second-order valence-electron chi connectivity index (χ2n) is 7.63. The molecule has 1 heterocycles. The monoisotopic (exact) mass is 274 g/mol. The fourth-order valence-corrected chi connectivity index (χ4v) is 1.37. The smallest absolute Gasteiger partial charge is 0.157 e. The molecule has 116 valence electrons. The van der Waals surface area contributed by atoms with Crippen LogP contribution in [0.1, 0.15) is 67.7 Å². The summed E-state index contributed by atoms with van der Waals surface area (Å²) in [6.07, 6.45) is 3.41. The van der Waals surface area contributed by atoms with E-state index in [9.17, 15) is 0 Å². The number of hydrogen-bond acceptors (Lipinski definition) is 3. The van der Waals surface area contributed by atoms with Crippen molar-refractivity contribution in [3.8, 4) is 0 Å². The van der Waals surface area contributed by atoms with Crippen LogP contribution in [0.4, 0.5) is 0 Å². The van der Waals surface area contributed by atoms with Crippen molar-refractivity contribution >= 4 is 0 Å². The Bertz CT molecular complexity index is 201. The van der Waals surface area contributed by atoms with E-state index < -0.39 is 0 Å². The highest BCUT2D eigenvalue weighted by Gasteiger charge is 2.14. The first-order chi connectivity index (χ1) is 8.58. The van der Waals surface area contributed by atoms with Crippen LogP contribution >= 0.6 is 0 Å². The zero-order valence-corrected chi connectivity index (χ0v) is 14.0. The molecular formula is C16H34O3. The van der Waals surface area contributed by atoms with Crippen molar-refractivity contribution in [1.82, 2.24) is 0 Å². The molecule has 0 saturated carbocycles. The maximum absolute atomic E-state index is 5.54. The molecule has 1 aliphatic heterocycles. The molecule has 3 nitrogen and oxygen atoms in total. The zero-order chi connectivity index (χ0) is 14.9. The van der Waals surface area contributed by atoms with Crippen molar-refractivity contribution in [2.24, 2.45) is 5.41 Å². The standard InChI is InChI=1S/C11H22O3.C5H12/c1-11(2,3)14-9-8-13-10-6-4-5-7-12-10;1-5(2,3)4/h10H,4-9H2,1-3H3;1-4H3. The molecule has 1 aliphatic rings. The van der Waals surface area contributed by atoms with E-state index in [0.717, 1.165) is 13.0 Å². The third-order valence-corrected chi connectivity index (χ3v) is 2.06. The normalized spacial score (nSPS) is 20.7. The Morgan fingerprint density at radius 2 is 1.53 bits per heavy atom. The highest BCUT2D eigenvalue weighted by Crippen LogP contribution is 2.14. The molecule has 1 atom stereocenters. The van der Waals surface area contributed by atoms with Crippen LogP contribution in [0.15, 0.2) is 0 Å². The molecule has 0 aliphatic carbocycles. The molecule has 0 radical (unpaired) electrons. The van der Waals surface area contributed by atoms with Gasteiger partial charge in [-0.05, 0) is 45.4 Å². The van der Waals surface area contributed by atoms with Crippen LogP contribution in [0.5, 0.6) is 0 Å². The summed E-state index contributed by atoms with van der Waals surface area (Å²) in [7, 11) is 0. The van der Waals surface area contributed by atoms with Gasteiger partial charge in [0, 0.05) is 6.61 Å². The number of ether oxygens (including phenoxy) is 3. The lowest BCUT2D eigenvalue weighted by Crippen LogP contribution is -2.26. The van der Waals surface area contributed by atoms with E-state index in [0.29, 0.717) is 18.6 Å². The summed E-state index contributed by atoms with van der Waals surface area (Å²) in [5.74, 6) is 0. The Balaban J connectivity index is 0.000000555. The van der Waals surface area contributed by atoms with E-state index in [2.05, 4.69) is 27.7 Å². The largest absolute Gasteiger partial charge is 0.373 e. The number of rotatable bonds is 4. The molecule has 0 aromatic rings. The van der Waals surface area contributed by atoms with Gasteiger partial charge in [0.1, 0.15) is 0 Å². The quantitative estimate of drug-likeness (QED) is 0.711. The Morgan fingerprint density at radius 3 is 1.95 bits per heavy atom. The van der Waals surface area contributed by atoms with Crippen LogP contribution in [0.3, 0.4) is 0 Å². The highest BCUT2D eigenvalue weighted by molar-refractivity contribution is 4.58. The SMILES string of the molecule is CC(C)(C)C.CC(C)(C)OCCOC1CCCCO1. The van der Waals surface area contributed by atoms with Crippen molar-refractivity contribution in [3.63, 3.8) is 0 Å². The molecule has 1 unspecified atom stereocenters. The van der Waals surface area contributed by atoms with Gasteiger partial charge in [0.05, 0.1) is 18.8 Å². The second-order valence-corrected chi connectivity index (χ2v) is 7.63. The summed E-state index contributed by atoms with van der Waals surface area (Å²) < 4.78 is 16.5. The van der Waals surface area contributed by atoms with Crippen molar-refractivity contribution in [2.45, 2.75) is 79.6 Å². The van der Waals surface area contributed by atoms with Crippen LogP contribution in [0.25, 0.3) is 0 Å². The predicted molar refractivity (Wildman–Crippen MR) is 80.4 cm³/mol. The van der Waals surface area contributed by atoms with Gasteiger partial charge in [-0.25, -0.2) is 0 Å². The molecule has 0 N–H and O–H groups in total. The Hall–Kier alpha value is -0.120. The van der Waals surface area contributed by atoms with Crippen LogP contribution in [-0.4, -0.2) is 31.7 Å². The average molecular weight is 274 g/mol. The van der Waals surface area contributed by atoms with E-state index in [1.54, 1.807) is 0 Å². The van der Waals surface area contributed by atoms with E-state index in [4.69, 9.17) is 14.2 Å². The van der Waals surface area contributed by atoms with Crippen LogP contribution in [0.2, 0.25) is 0 Å². The molecule has 0 aromatic heterocycles. The van der Waals surface area contributed by atoms with E-state index in [-0.39, 0.29) is 11.9 Å². The van der Waals surface area contributed by atoms with Gasteiger partial charge in [0.15, 0.2) is 6.29 Å². The maximum Gasteiger partial charge on any atom is 0.157 e. The maximum atomic E-state index is 5.54. The molecule has 1 saturated heterocycles. The molecule has 3 heteroatoms. The second kappa shape index (κ2) is 8.93. The first kappa shape index (κ1) is 18.9. The zero-order valence-electron chi connectivity index (χ0n) is 14.0. The van der Waals surface area contributed by atoms with Crippen LogP contribution in [0, 0.1) is 5.41 Å². The molecular weight excluding hydrogens is 240 g/mol. The van der Waals surface area contributed by atoms with Gasteiger partial charge in [-0.15, -0.1) is 0 Å². The predicted octanol–water partition coefficient (Wildman–Crippen LogP) is 4.40. The fourth-order valence-electron chi connectivity index (χ4n) is 1.37. The van der Waals surface area contributed by atoms with Gasteiger partial charge in [-0.2, -0.15) is 0 Å². The van der Waals surface area contributed by atoms with Gasteiger partial charge in [0.25, 0.3) is 0 Å². The van der Waals surface area contributed by atoms with E-state index in [1.165, 1.54) is 12.8 Å². The summed E-state index contributed by atoms with van der Waals surface area (Å²) >= 11 is 0. The first-order valence-corrected chi connectivity index (χ1v) is 7.45. The summed E-state index contributed by atoms with van der Waals surface area (Å²) in [5, 5.41) is 0. The Morgan fingerprint density at radius 1 is 0.947 bits per heavy atom. The summed E-state index contributed by atoms with van der Waals surface area (Å²) in [4.78, 5) is 0.